The second kappa shape index (κ2) is 5.45. The van der Waals surface area contributed by atoms with Crippen LogP contribution in [0.1, 0.15) is 40.4 Å². The SMILES string of the molecule is Cc1cccnc1C(=O)CC1CCOc2ccccc21. The van der Waals surface area contributed by atoms with Crippen LogP contribution in [-0.2, 0) is 0 Å². The van der Waals surface area contributed by atoms with Crippen LogP contribution in [0.25, 0.3) is 0 Å². The van der Waals surface area contributed by atoms with E-state index >= 15 is 0 Å². The van der Waals surface area contributed by atoms with E-state index in [4.69, 9.17) is 4.74 Å². The maximum Gasteiger partial charge on any atom is 0.182 e. The molecule has 0 fully saturated rings. The lowest BCUT2D eigenvalue weighted by molar-refractivity contribution is 0.0960. The summed E-state index contributed by atoms with van der Waals surface area (Å²) >= 11 is 0. The number of hydrogen-bond acceptors (Lipinski definition) is 3. The number of Topliss-reactive ketones (excluding diaryl/α,β-unsaturated/α-hetero) is 1. The number of rotatable bonds is 3. The fourth-order valence-corrected chi connectivity index (χ4v) is 2.73. The second-order valence-corrected chi connectivity index (χ2v) is 5.17. The summed E-state index contributed by atoms with van der Waals surface area (Å²) in [4.78, 5) is 16.7. The molecule has 3 rings (SSSR count). The number of para-hydroxylation sites is 1. The number of carbonyl (C=O) groups excluding carboxylic acids is 1. The van der Waals surface area contributed by atoms with Crippen molar-refractivity contribution in [2.24, 2.45) is 0 Å². The molecule has 1 aromatic carbocycles. The Labute approximate surface area is 118 Å². The molecule has 1 unspecified atom stereocenters. The van der Waals surface area contributed by atoms with Crippen LogP contribution < -0.4 is 4.74 Å². The third kappa shape index (κ3) is 2.44. The largest absolute Gasteiger partial charge is 0.493 e. The van der Waals surface area contributed by atoms with Gasteiger partial charge in [0.2, 0.25) is 0 Å². The minimum Gasteiger partial charge on any atom is -0.493 e. The lowest BCUT2D eigenvalue weighted by Crippen LogP contribution is -2.18. The minimum atomic E-state index is 0.116. The van der Waals surface area contributed by atoms with Gasteiger partial charge in [-0.25, -0.2) is 0 Å². The summed E-state index contributed by atoms with van der Waals surface area (Å²) < 4.78 is 5.64. The van der Waals surface area contributed by atoms with Gasteiger partial charge in [0, 0.05) is 12.6 Å². The maximum absolute atomic E-state index is 12.4. The van der Waals surface area contributed by atoms with Gasteiger partial charge in [-0.2, -0.15) is 0 Å². The van der Waals surface area contributed by atoms with Gasteiger partial charge in [-0.3, -0.25) is 9.78 Å². The van der Waals surface area contributed by atoms with E-state index in [1.165, 1.54) is 0 Å². The number of aryl methyl sites for hydroxylation is 1. The topological polar surface area (TPSA) is 39.2 Å². The number of carbonyl (C=O) groups is 1. The Morgan fingerprint density at radius 2 is 2.15 bits per heavy atom. The monoisotopic (exact) mass is 267 g/mol. The van der Waals surface area contributed by atoms with Gasteiger partial charge in [-0.1, -0.05) is 24.3 Å². The van der Waals surface area contributed by atoms with Crippen molar-refractivity contribution in [2.45, 2.75) is 25.7 Å². The average molecular weight is 267 g/mol. The summed E-state index contributed by atoms with van der Waals surface area (Å²) in [6.07, 6.45) is 3.06. The molecule has 20 heavy (non-hydrogen) atoms. The van der Waals surface area contributed by atoms with E-state index in [0.29, 0.717) is 18.7 Å². The predicted octanol–water partition coefficient (Wildman–Crippen LogP) is 3.53. The molecule has 0 amide bonds. The van der Waals surface area contributed by atoms with Crippen LogP contribution in [0, 0.1) is 6.92 Å². The Morgan fingerprint density at radius 1 is 1.30 bits per heavy atom. The normalized spacial score (nSPS) is 17.1. The van der Waals surface area contributed by atoms with E-state index in [0.717, 1.165) is 23.3 Å². The summed E-state index contributed by atoms with van der Waals surface area (Å²) in [5.41, 5.74) is 2.68. The molecule has 0 N–H and O–H groups in total. The van der Waals surface area contributed by atoms with Crippen LogP contribution in [-0.4, -0.2) is 17.4 Å². The number of fused-ring (bicyclic) bond motifs is 1. The fourth-order valence-electron chi connectivity index (χ4n) is 2.73. The summed E-state index contributed by atoms with van der Waals surface area (Å²) in [5.74, 6) is 1.26. The third-order valence-corrected chi connectivity index (χ3v) is 3.79. The van der Waals surface area contributed by atoms with Gasteiger partial charge < -0.3 is 4.74 Å². The van der Waals surface area contributed by atoms with Crippen LogP contribution in [0.15, 0.2) is 42.6 Å². The van der Waals surface area contributed by atoms with Crippen molar-refractivity contribution in [3.05, 3.63) is 59.4 Å². The number of aromatic nitrogens is 1. The van der Waals surface area contributed by atoms with Crippen molar-refractivity contribution < 1.29 is 9.53 Å². The van der Waals surface area contributed by atoms with Crippen LogP contribution in [0.4, 0.5) is 0 Å². The molecule has 1 aliphatic heterocycles. The summed E-state index contributed by atoms with van der Waals surface area (Å²) in [6, 6.07) is 11.8. The van der Waals surface area contributed by atoms with E-state index in [1.54, 1.807) is 6.20 Å². The molecule has 1 aromatic heterocycles. The zero-order valence-corrected chi connectivity index (χ0v) is 11.5. The number of benzene rings is 1. The maximum atomic E-state index is 12.4. The number of hydrogen-bond donors (Lipinski definition) is 0. The van der Waals surface area contributed by atoms with Gasteiger partial charge in [0.1, 0.15) is 11.4 Å². The van der Waals surface area contributed by atoms with Crippen LogP contribution in [0.3, 0.4) is 0 Å². The standard InChI is InChI=1S/C17H17NO2/c1-12-5-4-9-18-17(12)15(19)11-13-8-10-20-16-7-3-2-6-14(13)16/h2-7,9,13H,8,10-11H2,1H3. The highest BCUT2D eigenvalue weighted by Gasteiger charge is 2.24. The Balaban J connectivity index is 1.83. The van der Waals surface area contributed by atoms with E-state index in [1.807, 2.05) is 37.3 Å². The molecular weight excluding hydrogens is 250 g/mol. The van der Waals surface area contributed by atoms with E-state index < -0.39 is 0 Å². The minimum absolute atomic E-state index is 0.116. The zero-order valence-electron chi connectivity index (χ0n) is 11.5. The summed E-state index contributed by atoms with van der Waals surface area (Å²) in [6.45, 7) is 2.61. The number of ketones is 1. The fraction of sp³-hybridized carbons (Fsp3) is 0.294. The Hall–Kier alpha value is -2.16. The van der Waals surface area contributed by atoms with Crippen LogP contribution in [0.2, 0.25) is 0 Å². The quantitative estimate of drug-likeness (QED) is 0.799. The Morgan fingerprint density at radius 3 is 3.00 bits per heavy atom. The first kappa shape index (κ1) is 12.9. The predicted molar refractivity (Wildman–Crippen MR) is 77.2 cm³/mol. The van der Waals surface area contributed by atoms with E-state index in [2.05, 4.69) is 11.1 Å². The van der Waals surface area contributed by atoms with Crippen molar-refractivity contribution in [2.75, 3.05) is 6.61 Å². The molecule has 1 aliphatic rings. The molecule has 0 spiro atoms. The molecule has 0 saturated carbocycles. The molecule has 102 valence electrons. The molecule has 0 saturated heterocycles. The van der Waals surface area contributed by atoms with Gasteiger partial charge in [-0.05, 0) is 42.5 Å². The Bertz CT molecular complexity index is 636. The van der Waals surface area contributed by atoms with Crippen molar-refractivity contribution in [3.63, 3.8) is 0 Å². The van der Waals surface area contributed by atoms with Crippen molar-refractivity contribution in [1.82, 2.24) is 4.98 Å². The highest BCUT2D eigenvalue weighted by molar-refractivity contribution is 5.96. The Kier molecular flexibility index (Phi) is 3.50. The van der Waals surface area contributed by atoms with E-state index in [9.17, 15) is 4.79 Å². The zero-order chi connectivity index (χ0) is 13.9. The molecule has 3 heteroatoms. The van der Waals surface area contributed by atoms with Crippen LogP contribution in [0.5, 0.6) is 5.75 Å². The first-order valence-corrected chi connectivity index (χ1v) is 6.92. The summed E-state index contributed by atoms with van der Waals surface area (Å²) in [5, 5.41) is 0. The van der Waals surface area contributed by atoms with Gasteiger partial charge >= 0.3 is 0 Å². The number of ether oxygens (including phenoxy) is 1. The van der Waals surface area contributed by atoms with Gasteiger partial charge in [-0.15, -0.1) is 0 Å². The van der Waals surface area contributed by atoms with Crippen molar-refractivity contribution in [3.8, 4) is 5.75 Å². The molecule has 2 aromatic rings. The van der Waals surface area contributed by atoms with Crippen LogP contribution >= 0.6 is 0 Å². The van der Waals surface area contributed by atoms with Gasteiger partial charge in [0.25, 0.3) is 0 Å². The first-order valence-electron chi connectivity index (χ1n) is 6.92. The van der Waals surface area contributed by atoms with Gasteiger partial charge in [0.05, 0.1) is 6.61 Å². The molecule has 0 radical (unpaired) electrons. The molecule has 0 aliphatic carbocycles. The van der Waals surface area contributed by atoms with Crippen molar-refractivity contribution in [1.29, 1.82) is 0 Å². The van der Waals surface area contributed by atoms with E-state index in [-0.39, 0.29) is 11.7 Å². The summed E-state index contributed by atoms with van der Waals surface area (Å²) in [7, 11) is 0. The smallest absolute Gasteiger partial charge is 0.182 e. The van der Waals surface area contributed by atoms with Crippen molar-refractivity contribution >= 4 is 5.78 Å². The molecule has 3 nitrogen and oxygen atoms in total. The highest BCUT2D eigenvalue weighted by atomic mass is 16.5. The second-order valence-electron chi connectivity index (χ2n) is 5.17. The molecule has 2 heterocycles. The van der Waals surface area contributed by atoms with Gasteiger partial charge in [0.15, 0.2) is 5.78 Å². The lowest BCUT2D eigenvalue weighted by atomic mass is 9.87. The first-order chi connectivity index (χ1) is 9.75. The third-order valence-electron chi connectivity index (χ3n) is 3.79. The number of nitrogens with zero attached hydrogens (tertiary/aromatic N) is 1. The average Bonchev–Trinajstić information content (AvgIpc) is 2.48. The highest BCUT2D eigenvalue weighted by Crippen LogP contribution is 2.36. The number of pyridine rings is 1. The molecule has 0 bridgehead atoms. The molecular formula is C17H17NO2. The lowest BCUT2D eigenvalue weighted by Gasteiger charge is -2.25. The molecule has 1 atom stereocenters.